The summed E-state index contributed by atoms with van der Waals surface area (Å²) in [6, 6.07) is 7.54. The molecule has 2 N–H and O–H groups in total. The molecule has 1 fully saturated rings. The van der Waals surface area contributed by atoms with Crippen LogP contribution in [0, 0.1) is 0 Å². The van der Waals surface area contributed by atoms with Gasteiger partial charge in [-0.3, -0.25) is 4.79 Å². The summed E-state index contributed by atoms with van der Waals surface area (Å²) in [6.07, 6.45) is -0.774. The molecule has 0 saturated carbocycles. The molecule has 1 amide bonds. The van der Waals surface area contributed by atoms with Crippen LogP contribution in [0.1, 0.15) is 18.0 Å². The number of aliphatic hydroxyl groups excluding tert-OH is 1. The highest BCUT2D eigenvalue weighted by Gasteiger charge is 2.37. The molecular weight excluding hydrogens is 222 g/mol. The lowest BCUT2D eigenvalue weighted by atomic mass is 10.1. The summed E-state index contributed by atoms with van der Waals surface area (Å²) < 4.78 is 0. The molecule has 5 nitrogen and oxygen atoms in total. The van der Waals surface area contributed by atoms with Crippen molar-refractivity contribution >= 4 is 11.9 Å². The summed E-state index contributed by atoms with van der Waals surface area (Å²) in [4.78, 5) is 24.1. The second-order valence-electron chi connectivity index (χ2n) is 4.06. The van der Waals surface area contributed by atoms with Crippen LogP contribution in [-0.4, -0.2) is 39.6 Å². The molecule has 1 aliphatic heterocycles. The molecule has 1 aromatic carbocycles. The van der Waals surface area contributed by atoms with Crippen LogP contribution in [0.2, 0.25) is 0 Å². The first kappa shape index (κ1) is 11.6. The van der Waals surface area contributed by atoms with Gasteiger partial charge in [0, 0.05) is 6.54 Å². The van der Waals surface area contributed by atoms with Gasteiger partial charge in [-0.1, -0.05) is 30.3 Å². The SMILES string of the molecule is O=C(O)[C@@H](c1ccccc1)N1CC(O)CC1=O. The molecule has 90 valence electrons. The molecule has 5 heteroatoms. The molecule has 1 unspecified atom stereocenters. The molecular formula is C12H13NO4. The predicted octanol–water partition coefficient (Wildman–Crippen LogP) is 0.406. The zero-order chi connectivity index (χ0) is 12.4. The number of carboxylic acids is 1. The fourth-order valence-electron chi connectivity index (χ4n) is 2.05. The first-order chi connectivity index (χ1) is 8.09. The Hall–Kier alpha value is -1.88. The number of nitrogens with zero attached hydrogens (tertiary/aromatic N) is 1. The highest BCUT2D eigenvalue weighted by molar-refractivity contribution is 5.86. The van der Waals surface area contributed by atoms with Gasteiger partial charge in [0.1, 0.15) is 0 Å². The largest absolute Gasteiger partial charge is 0.479 e. The van der Waals surface area contributed by atoms with Crippen molar-refractivity contribution in [2.75, 3.05) is 6.54 Å². The minimum absolute atomic E-state index is 0.00336. The highest BCUT2D eigenvalue weighted by atomic mass is 16.4. The average molecular weight is 235 g/mol. The Morgan fingerprint density at radius 2 is 2.00 bits per heavy atom. The highest BCUT2D eigenvalue weighted by Crippen LogP contribution is 2.26. The summed E-state index contributed by atoms with van der Waals surface area (Å²) in [5, 5.41) is 18.6. The molecule has 1 heterocycles. The van der Waals surface area contributed by atoms with Gasteiger partial charge in [0.25, 0.3) is 0 Å². The van der Waals surface area contributed by atoms with E-state index < -0.39 is 18.1 Å². The maximum atomic E-state index is 11.6. The van der Waals surface area contributed by atoms with Crippen LogP contribution < -0.4 is 0 Å². The van der Waals surface area contributed by atoms with E-state index in [0.717, 1.165) is 0 Å². The van der Waals surface area contributed by atoms with E-state index in [1.54, 1.807) is 30.3 Å². The van der Waals surface area contributed by atoms with Crippen molar-refractivity contribution in [3.8, 4) is 0 Å². The number of benzene rings is 1. The summed E-state index contributed by atoms with van der Waals surface area (Å²) in [5.41, 5.74) is 0.544. The zero-order valence-corrected chi connectivity index (χ0v) is 9.11. The fourth-order valence-corrected chi connectivity index (χ4v) is 2.05. The third kappa shape index (κ3) is 2.29. The van der Waals surface area contributed by atoms with Gasteiger partial charge in [-0.25, -0.2) is 4.79 Å². The smallest absolute Gasteiger partial charge is 0.331 e. The molecule has 17 heavy (non-hydrogen) atoms. The summed E-state index contributed by atoms with van der Waals surface area (Å²) >= 11 is 0. The van der Waals surface area contributed by atoms with Gasteiger partial charge in [-0.15, -0.1) is 0 Å². The van der Waals surface area contributed by atoms with Crippen LogP contribution in [-0.2, 0) is 9.59 Å². The predicted molar refractivity (Wildman–Crippen MR) is 59.2 cm³/mol. The molecule has 1 saturated heterocycles. The van der Waals surface area contributed by atoms with E-state index in [-0.39, 0.29) is 18.9 Å². The van der Waals surface area contributed by atoms with Gasteiger partial charge in [0.2, 0.25) is 5.91 Å². The molecule has 2 atom stereocenters. The van der Waals surface area contributed by atoms with E-state index in [9.17, 15) is 19.8 Å². The van der Waals surface area contributed by atoms with Gasteiger partial charge in [-0.2, -0.15) is 0 Å². The Morgan fingerprint density at radius 1 is 1.35 bits per heavy atom. The number of β-amino-alcohol motifs (C(OH)–C–C–N with tert-alkyl or cyclic N) is 1. The van der Waals surface area contributed by atoms with Crippen LogP contribution >= 0.6 is 0 Å². The number of amides is 1. The van der Waals surface area contributed by atoms with Gasteiger partial charge < -0.3 is 15.1 Å². The van der Waals surface area contributed by atoms with E-state index in [1.807, 2.05) is 0 Å². The van der Waals surface area contributed by atoms with Crippen molar-refractivity contribution in [3.63, 3.8) is 0 Å². The van der Waals surface area contributed by atoms with Crippen LogP contribution in [0.15, 0.2) is 30.3 Å². The number of carboxylic acid groups (broad SMARTS) is 1. The molecule has 0 aliphatic carbocycles. The number of hydrogen-bond donors (Lipinski definition) is 2. The molecule has 1 aromatic rings. The molecule has 1 aliphatic rings. The van der Waals surface area contributed by atoms with Gasteiger partial charge in [0.15, 0.2) is 6.04 Å². The number of hydrogen-bond acceptors (Lipinski definition) is 3. The van der Waals surface area contributed by atoms with Crippen LogP contribution in [0.3, 0.4) is 0 Å². The number of aliphatic carboxylic acids is 1. The van der Waals surface area contributed by atoms with Crippen molar-refractivity contribution in [2.45, 2.75) is 18.6 Å². The quantitative estimate of drug-likeness (QED) is 0.795. The topological polar surface area (TPSA) is 77.8 Å². The van der Waals surface area contributed by atoms with Gasteiger partial charge in [0.05, 0.1) is 12.5 Å². The maximum Gasteiger partial charge on any atom is 0.331 e. The summed E-state index contributed by atoms with van der Waals surface area (Å²) in [5.74, 6) is -1.41. The Balaban J connectivity index is 2.31. The summed E-state index contributed by atoms with van der Waals surface area (Å²) in [7, 11) is 0. The van der Waals surface area contributed by atoms with Crippen LogP contribution in [0.25, 0.3) is 0 Å². The number of likely N-dealkylation sites (tertiary alicyclic amines) is 1. The molecule has 0 spiro atoms. The number of carbonyl (C=O) groups excluding carboxylic acids is 1. The Kier molecular flexibility index (Phi) is 3.10. The maximum absolute atomic E-state index is 11.6. The molecule has 2 rings (SSSR count). The van der Waals surface area contributed by atoms with Crippen LogP contribution in [0.4, 0.5) is 0 Å². The number of rotatable bonds is 3. The monoisotopic (exact) mass is 235 g/mol. The number of carbonyl (C=O) groups is 2. The lowest BCUT2D eigenvalue weighted by Gasteiger charge is -2.24. The van der Waals surface area contributed by atoms with Crippen molar-refractivity contribution in [2.24, 2.45) is 0 Å². The second-order valence-corrected chi connectivity index (χ2v) is 4.06. The van der Waals surface area contributed by atoms with E-state index in [1.165, 1.54) is 4.90 Å². The van der Waals surface area contributed by atoms with Crippen molar-refractivity contribution in [3.05, 3.63) is 35.9 Å². The lowest BCUT2D eigenvalue weighted by Crippen LogP contribution is -2.35. The molecule has 0 aromatic heterocycles. The third-order valence-corrected chi connectivity index (χ3v) is 2.80. The first-order valence-electron chi connectivity index (χ1n) is 5.35. The normalized spacial score (nSPS) is 21.6. The van der Waals surface area contributed by atoms with Gasteiger partial charge >= 0.3 is 5.97 Å². The molecule has 0 bridgehead atoms. The van der Waals surface area contributed by atoms with E-state index in [4.69, 9.17) is 0 Å². The van der Waals surface area contributed by atoms with Crippen molar-refractivity contribution in [1.82, 2.24) is 4.90 Å². The minimum atomic E-state index is -1.08. The fraction of sp³-hybridized carbons (Fsp3) is 0.333. The Bertz CT molecular complexity index is 431. The van der Waals surface area contributed by atoms with Crippen molar-refractivity contribution < 1.29 is 19.8 Å². The standard InChI is InChI=1S/C12H13NO4/c14-9-6-10(15)13(7-9)11(12(16)17)8-4-2-1-3-5-8/h1-5,9,11,14H,6-7H2,(H,16,17)/t9?,11-/m1/s1. The van der Waals surface area contributed by atoms with E-state index >= 15 is 0 Å². The summed E-state index contributed by atoms with van der Waals surface area (Å²) in [6.45, 7) is 0.0741. The zero-order valence-electron chi connectivity index (χ0n) is 9.11. The van der Waals surface area contributed by atoms with Crippen LogP contribution in [0.5, 0.6) is 0 Å². The minimum Gasteiger partial charge on any atom is -0.479 e. The van der Waals surface area contributed by atoms with E-state index in [2.05, 4.69) is 0 Å². The Morgan fingerprint density at radius 3 is 2.47 bits per heavy atom. The third-order valence-electron chi connectivity index (χ3n) is 2.80. The second kappa shape index (κ2) is 4.55. The van der Waals surface area contributed by atoms with E-state index in [0.29, 0.717) is 5.56 Å². The number of aliphatic hydroxyl groups is 1. The molecule has 0 radical (unpaired) electrons. The van der Waals surface area contributed by atoms with Gasteiger partial charge in [-0.05, 0) is 5.56 Å². The average Bonchev–Trinajstić information content (AvgIpc) is 2.59. The first-order valence-corrected chi connectivity index (χ1v) is 5.35. The lowest BCUT2D eigenvalue weighted by molar-refractivity contribution is -0.148. The van der Waals surface area contributed by atoms with Crippen molar-refractivity contribution in [1.29, 1.82) is 0 Å². The Labute approximate surface area is 98.3 Å².